The van der Waals surface area contributed by atoms with Gasteiger partial charge >= 0.3 is 0 Å². The molecule has 130 valence electrons. The van der Waals surface area contributed by atoms with E-state index in [1.54, 1.807) is 6.20 Å². The first-order valence-corrected chi connectivity index (χ1v) is 8.86. The molecule has 2 heterocycles. The lowest BCUT2D eigenvalue weighted by molar-refractivity contribution is 0.0474. The maximum Gasteiger partial charge on any atom is 0.257 e. The Morgan fingerprint density at radius 3 is 2.64 bits per heavy atom. The van der Waals surface area contributed by atoms with Crippen LogP contribution in [0.15, 0.2) is 36.5 Å². The van der Waals surface area contributed by atoms with Gasteiger partial charge in [-0.3, -0.25) is 9.69 Å². The van der Waals surface area contributed by atoms with E-state index >= 15 is 0 Å². The van der Waals surface area contributed by atoms with Gasteiger partial charge in [0, 0.05) is 43.5 Å². The number of carbonyl (C=O) groups excluding carboxylic acids is 1. The topological polar surface area (TPSA) is 75.3 Å². The summed E-state index contributed by atoms with van der Waals surface area (Å²) in [7, 11) is 0. The minimum absolute atomic E-state index is 0.0122. The Morgan fingerprint density at radius 2 is 1.96 bits per heavy atom. The number of nitrogens with two attached hydrogens (primary N) is 1. The molecule has 1 saturated heterocycles. The van der Waals surface area contributed by atoms with Crippen LogP contribution in [0.2, 0.25) is 0 Å². The number of hydrogen-bond donors (Lipinski definition) is 1. The van der Waals surface area contributed by atoms with Crippen LogP contribution in [-0.2, 0) is 0 Å². The molecule has 6 heteroatoms. The zero-order valence-corrected chi connectivity index (χ0v) is 14.4. The van der Waals surface area contributed by atoms with Crippen molar-refractivity contribution in [1.29, 1.82) is 0 Å². The van der Waals surface area contributed by atoms with Crippen LogP contribution >= 0.6 is 0 Å². The first-order chi connectivity index (χ1) is 12.1. The monoisotopic (exact) mass is 337 g/mol. The van der Waals surface area contributed by atoms with Crippen LogP contribution in [0.25, 0.3) is 11.3 Å². The second-order valence-electron chi connectivity index (χ2n) is 6.93. The van der Waals surface area contributed by atoms with Crippen LogP contribution in [0, 0.1) is 0 Å². The van der Waals surface area contributed by atoms with Crippen LogP contribution in [0.4, 0.5) is 5.95 Å². The molecule has 2 aromatic rings. The normalized spacial score (nSPS) is 21.3. The maximum atomic E-state index is 13.2. The average molecular weight is 337 g/mol. The number of anilines is 1. The number of amides is 1. The highest BCUT2D eigenvalue weighted by atomic mass is 16.2. The van der Waals surface area contributed by atoms with Crippen LogP contribution in [-0.4, -0.2) is 57.4 Å². The average Bonchev–Trinajstić information content (AvgIpc) is 3.47. The van der Waals surface area contributed by atoms with Gasteiger partial charge in [0.2, 0.25) is 5.95 Å². The first-order valence-electron chi connectivity index (χ1n) is 8.86. The molecule has 25 heavy (non-hydrogen) atoms. The summed E-state index contributed by atoms with van der Waals surface area (Å²) in [6.07, 6.45) is 4.15. The van der Waals surface area contributed by atoms with E-state index in [0.717, 1.165) is 31.2 Å². The number of carbonyl (C=O) groups is 1. The van der Waals surface area contributed by atoms with Gasteiger partial charge in [-0.25, -0.2) is 9.97 Å². The molecule has 1 saturated carbocycles. The van der Waals surface area contributed by atoms with E-state index in [1.165, 1.54) is 12.8 Å². The van der Waals surface area contributed by atoms with Gasteiger partial charge in [0.15, 0.2) is 0 Å². The lowest BCUT2D eigenvalue weighted by Crippen LogP contribution is -2.54. The predicted molar refractivity (Wildman–Crippen MR) is 97.0 cm³/mol. The van der Waals surface area contributed by atoms with E-state index in [4.69, 9.17) is 5.73 Å². The Bertz CT molecular complexity index is 775. The highest BCUT2D eigenvalue weighted by molar-refractivity contribution is 6.00. The number of benzene rings is 1. The molecule has 2 N–H and O–H groups in total. The number of nitrogen functional groups attached to an aromatic ring is 1. The van der Waals surface area contributed by atoms with Crippen molar-refractivity contribution in [2.24, 2.45) is 0 Å². The summed E-state index contributed by atoms with van der Waals surface area (Å²) < 4.78 is 0. The van der Waals surface area contributed by atoms with E-state index in [1.807, 2.05) is 35.2 Å². The maximum absolute atomic E-state index is 13.2. The van der Waals surface area contributed by atoms with Gasteiger partial charge in [-0.1, -0.05) is 30.3 Å². The predicted octanol–water partition coefficient (Wildman–Crippen LogP) is 2.03. The molecule has 2 fully saturated rings. The van der Waals surface area contributed by atoms with Crippen LogP contribution in [0.5, 0.6) is 0 Å². The summed E-state index contributed by atoms with van der Waals surface area (Å²) in [5.41, 5.74) is 7.78. The minimum atomic E-state index is -0.0122. The van der Waals surface area contributed by atoms with Gasteiger partial charge in [0.05, 0.1) is 11.3 Å². The molecule has 4 rings (SSSR count). The van der Waals surface area contributed by atoms with E-state index in [9.17, 15) is 4.79 Å². The highest BCUT2D eigenvalue weighted by Crippen LogP contribution is 2.30. The van der Waals surface area contributed by atoms with Crippen molar-refractivity contribution in [2.75, 3.05) is 25.4 Å². The zero-order chi connectivity index (χ0) is 17.4. The summed E-state index contributed by atoms with van der Waals surface area (Å²) in [5, 5.41) is 0. The van der Waals surface area contributed by atoms with Gasteiger partial charge in [-0.2, -0.15) is 0 Å². The fourth-order valence-electron chi connectivity index (χ4n) is 3.58. The fraction of sp³-hybridized carbons (Fsp3) is 0.421. The summed E-state index contributed by atoms with van der Waals surface area (Å²) >= 11 is 0. The van der Waals surface area contributed by atoms with Crippen molar-refractivity contribution >= 4 is 11.9 Å². The van der Waals surface area contributed by atoms with Crippen molar-refractivity contribution in [2.45, 2.75) is 31.8 Å². The summed E-state index contributed by atoms with van der Waals surface area (Å²) in [6.45, 7) is 4.74. The quantitative estimate of drug-likeness (QED) is 0.927. The van der Waals surface area contributed by atoms with E-state index in [-0.39, 0.29) is 17.9 Å². The number of piperazine rings is 1. The van der Waals surface area contributed by atoms with Crippen LogP contribution in [0.1, 0.15) is 30.1 Å². The third-order valence-corrected chi connectivity index (χ3v) is 5.07. The molecule has 2 aliphatic rings. The van der Waals surface area contributed by atoms with Crippen molar-refractivity contribution in [1.82, 2.24) is 19.8 Å². The second-order valence-corrected chi connectivity index (χ2v) is 6.93. The lowest BCUT2D eigenvalue weighted by atomic mass is 10.0. The zero-order valence-electron chi connectivity index (χ0n) is 14.4. The van der Waals surface area contributed by atoms with Crippen molar-refractivity contribution in [3.05, 3.63) is 42.1 Å². The molecule has 1 amide bonds. The summed E-state index contributed by atoms with van der Waals surface area (Å²) in [6, 6.07) is 10.6. The summed E-state index contributed by atoms with van der Waals surface area (Å²) in [4.78, 5) is 26.1. The molecular formula is C19H23N5O. The third kappa shape index (κ3) is 3.22. The Kier molecular flexibility index (Phi) is 4.13. The third-order valence-electron chi connectivity index (χ3n) is 5.07. The Labute approximate surface area is 147 Å². The summed E-state index contributed by atoms with van der Waals surface area (Å²) in [5.74, 6) is 0.170. The van der Waals surface area contributed by atoms with Gasteiger partial charge in [-0.05, 0) is 19.8 Å². The molecule has 0 spiro atoms. The largest absolute Gasteiger partial charge is 0.368 e. The molecule has 1 atom stereocenters. The van der Waals surface area contributed by atoms with Crippen molar-refractivity contribution in [3.63, 3.8) is 0 Å². The molecule has 1 unspecified atom stereocenters. The van der Waals surface area contributed by atoms with Gasteiger partial charge in [-0.15, -0.1) is 0 Å². The second kappa shape index (κ2) is 6.44. The Hall–Kier alpha value is -2.47. The molecule has 1 aromatic heterocycles. The van der Waals surface area contributed by atoms with Crippen molar-refractivity contribution < 1.29 is 4.79 Å². The highest BCUT2D eigenvalue weighted by Gasteiger charge is 2.36. The van der Waals surface area contributed by atoms with Crippen LogP contribution < -0.4 is 5.73 Å². The molecule has 1 aromatic carbocycles. The number of aromatic nitrogens is 2. The SMILES string of the molecule is CC1CN(C2CC2)CCN1C(=O)c1cnc(N)nc1-c1ccccc1. The van der Waals surface area contributed by atoms with Crippen molar-refractivity contribution in [3.8, 4) is 11.3 Å². The fourth-order valence-corrected chi connectivity index (χ4v) is 3.58. The lowest BCUT2D eigenvalue weighted by Gasteiger charge is -2.40. The van der Waals surface area contributed by atoms with Crippen LogP contribution in [0.3, 0.4) is 0 Å². The number of nitrogens with zero attached hydrogens (tertiary/aromatic N) is 4. The van der Waals surface area contributed by atoms with E-state index in [2.05, 4.69) is 21.8 Å². The van der Waals surface area contributed by atoms with Gasteiger partial charge in [0.25, 0.3) is 5.91 Å². The minimum Gasteiger partial charge on any atom is -0.368 e. The molecule has 6 nitrogen and oxygen atoms in total. The smallest absolute Gasteiger partial charge is 0.257 e. The van der Waals surface area contributed by atoms with Gasteiger partial charge in [0.1, 0.15) is 0 Å². The molecule has 1 aliphatic heterocycles. The Morgan fingerprint density at radius 1 is 1.20 bits per heavy atom. The molecule has 0 radical (unpaired) electrons. The van der Waals surface area contributed by atoms with Gasteiger partial charge < -0.3 is 10.6 Å². The standard InChI is InChI=1S/C19H23N5O/c1-13-12-23(15-7-8-15)9-10-24(13)18(25)16-11-21-19(20)22-17(16)14-5-3-2-4-6-14/h2-6,11,13,15H,7-10,12H2,1H3,(H2,20,21,22). The molecular weight excluding hydrogens is 314 g/mol. The Balaban J connectivity index is 1.62. The van der Waals surface area contributed by atoms with E-state index in [0.29, 0.717) is 11.3 Å². The number of hydrogen-bond acceptors (Lipinski definition) is 5. The number of rotatable bonds is 3. The molecule has 0 bridgehead atoms. The van der Waals surface area contributed by atoms with E-state index < -0.39 is 0 Å². The first kappa shape index (κ1) is 16.0. The molecule has 1 aliphatic carbocycles.